The summed E-state index contributed by atoms with van der Waals surface area (Å²) in [6.45, 7) is 0. The molecule has 0 fully saturated rings. The van der Waals surface area contributed by atoms with Crippen LogP contribution in [0, 0.1) is 0 Å². The monoisotopic (exact) mass is 301 g/mol. The summed E-state index contributed by atoms with van der Waals surface area (Å²) in [5, 5.41) is 0.663. The summed E-state index contributed by atoms with van der Waals surface area (Å²) < 4.78 is 18.4. The number of para-hydroxylation sites is 1. The van der Waals surface area contributed by atoms with Crippen LogP contribution in [0.5, 0.6) is 0 Å². The van der Waals surface area contributed by atoms with Crippen LogP contribution in [0.15, 0.2) is 28.6 Å². The number of benzene rings is 1. The molecule has 0 aliphatic carbocycles. The molecular weight excluding hydrogens is 286 g/mol. The lowest BCUT2D eigenvalue weighted by molar-refractivity contribution is 0.130. The van der Waals surface area contributed by atoms with Crippen LogP contribution in [0.2, 0.25) is 0 Å². The molecule has 0 aliphatic rings. The normalized spacial score (nSPS) is 12.2. The Labute approximate surface area is 116 Å². The van der Waals surface area contributed by atoms with Gasteiger partial charge in [-0.05, 0) is 12.1 Å². The molecule has 0 atom stereocenters. The van der Waals surface area contributed by atoms with Gasteiger partial charge in [0.1, 0.15) is 0 Å². The van der Waals surface area contributed by atoms with Gasteiger partial charge in [0, 0.05) is 21.3 Å². The summed E-state index contributed by atoms with van der Waals surface area (Å²) in [4.78, 5) is 4.56. The maximum atomic E-state index is 5.38. The summed E-state index contributed by atoms with van der Waals surface area (Å²) in [5.74, 6) is 0. The zero-order valence-corrected chi connectivity index (χ0v) is 13.1. The van der Waals surface area contributed by atoms with E-state index in [4.69, 9.17) is 13.3 Å². The Morgan fingerprint density at radius 1 is 1.17 bits per heavy atom. The zero-order valence-electron chi connectivity index (χ0n) is 10.5. The molecule has 4 nitrogen and oxygen atoms in total. The van der Waals surface area contributed by atoms with Crippen molar-refractivity contribution in [3.8, 4) is 0 Å². The summed E-state index contributed by atoms with van der Waals surface area (Å²) in [6, 6.07) is 8.11. The molecule has 0 bridgehead atoms. The van der Waals surface area contributed by atoms with Gasteiger partial charge in [-0.1, -0.05) is 23.9 Å². The number of rotatable bonds is 6. The van der Waals surface area contributed by atoms with Gasteiger partial charge in [0.15, 0.2) is 4.34 Å². The van der Waals surface area contributed by atoms with Gasteiger partial charge in [0.25, 0.3) is 0 Å². The largest absolute Gasteiger partial charge is 0.511 e. The van der Waals surface area contributed by atoms with E-state index in [1.54, 1.807) is 44.4 Å². The van der Waals surface area contributed by atoms with Gasteiger partial charge in [0.2, 0.25) is 0 Å². The van der Waals surface area contributed by atoms with Crippen LogP contribution in [0.3, 0.4) is 0 Å². The standard InChI is InChI=1S/C11H15NO3S2Si/c1-13-18(14-2,15-3)8-16-11-12-9-6-4-5-7-10(9)17-11/h4-7H,8H2,1-3H3. The second-order valence-electron chi connectivity index (χ2n) is 3.53. The third-order valence-electron chi connectivity index (χ3n) is 2.58. The number of aromatic nitrogens is 1. The molecule has 2 rings (SSSR count). The van der Waals surface area contributed by atoms with Gasteiger partial charge in [-0.2, -0.15) is 0 Å². The van der Waals surface area contributed by atoms with Crippen LogP contribution in [0.25, 0.3) is 10.2 Å². The van der Waals surface area contributed by atoms with Crippen molar-refractivity contribution in [3.05, 3.63) is 24.3 Å². The second kappa shape index (κ2) is 6.13. The summed E-state index contributed by atoms with van der Waals surface area (Å²) in [5.41, 5.74) is 1.03. The Bertz CT molecular complexity index is 474. The van der Waals surface area contributed by atoms with Crippen LogP contribution in [0.1, 0.15) is 0 Å². The molecule has 0 unspecified atom stereocenters. The lowest BCUT2D eigenvalue weighted by atomic mass is 10.3. The van der Waals surface area contributed by atoms with E-state index in [9.17, 15) is 0 Å². The zero-order chi connectivity index (χ0) is 13.0. The van der Waals surface area contributed by atoms with E-state index in [-0.39, 0.29) is 0 Å². The highest BCUT2D eigenvalue weighted by atomic mass is 32.2. The molecule has 0 saturated heterocycles. The van der Waals surface area contributed by atoms with Crippen LogP contribution in [-0.2, 0) is 13.3 Å². The number of nitrogens with zero attached hydrogens (tertiary/aromatic N) is 1. The van der Waals surface area contributed by atoms with Crippen molar-refractivity contribution in [3.63, 3.8) is 0 Å². The van der Waals surface area contributed by atoms with E-state index in [2.05, 4.69) is 11.1 Å². The van der Waals surface area contributed by atoms with Crippen molar-refractivity contribution in [2.45, 2.75) is 4.34 Å². The van der Waals surface area contributed by atoms with E-state index >= 15 is 0 Å². The first kappa shape index (κ1) is 14.0. The topological polar surface area (TPSA) is 40.6 Å². The summed E-state index contributed by atoms with van der Waals surface area (Å²) in [6.07, 6.45) is 0. The van der Waals surface area contributed by atoms with Gasteiger partial charge in [0.05, 0.1) is 15.6 Å². The van der Waals surface area contributed by atoms with Crippen LogP contribution >= 0.6 is 23.1 Å². The fourth-order valence-corrected chi connectivity index (χ4v) is 6.50. The predicted octanol–water partition coefficient (Wildman–Crippen LogP) is 2.81. The minimum atomic E-state index is -2.52. The number of hydrogen-bond donors (Lipinski definition) is 0. The Hall–Kier alpha value is -0.443. The van der Waals surface area contributed by atoms with Gasteiger partial charge in [-0.25, -0.2) is 4.98 Å². The van der Waals surface area contributed by atoms with Crippen molar-refractivity contribution in [1.82, 2.24) is 4.98 Å². The van der Waals surface area contributed by atoms with Gasteiger partial charge < -0.3 is 13.3 Å². The van der Waals surface area contributed by atoms with Gasteiger partial charge >= 0.3 is 8.80 Å². The van der Waals surface area contributed by atoms with Crippen molar-refractivity contribution in [2.24, 2.45) is 0 Å². The highest BCUT2D eigenvalue weighted by molar-refractivity contribution is 8.02. The molecule has 2 aromatic rings. The fraction of sp³-hybridized carbons (Fsp3) is 0.364. The molecule has 1 aromatic carbocycles. The fourth-order valence-electron chi connectivity index (χ4n) is 1.49. The second-order valence-corrected chi connectivity index (χ2v) is 9.24. The van der Waals surface area contributed by atoms with Crippen molar-refractivity contribution in [1.29, 1.82) is 0 Å². The molecule has 0 radical (unpaired) electrons. The van der Waals surface area contributed by atoms with E-state index < -0.39 is 8.80 Å². The Balaban J connectivity index is 2.09. The van der Waals surface area contributed by atoms with Crippen LogP contribution < -0.4 is 0 Å². The molecule has 1 aromatic heterocycles. The lowest BCUT2D eigenvalue weighted by Gasteiger charge is -2.23. The highest BCUT2D eigenvalue weighted by Gasteiger charge is 2.38. The molecule has 0 amide bonds. The average Bonchev–Trinajstić information content (AvgIpc) is 2.84. The van der Waals surface area contributed by atoms with Crippen molar-refractivity contribution >= 4 is 42.1 Å². The van der Waals surface area contributed by atoms with E-state index in [1.807, 2.05) is 18.2 Å². The maximum absolute atomic E-state index is 5.38. The smallest absolute Gasteiger partial charge is 0.376 e. The summed E-state index contributed by atoms with van der Waals surface area (Å²) in [7, 11) is 2.35. The Morgan fingerprint density at radius 3 is 2.44 bits per heavy atom. The SMILES string of the molecule is CO[Si](CSc1nc2ccccc2s1)(OC)OC. The molecule has 98 valence electrons. The van der Waals surface area contributed by atoms with E-state index in [1.165, 1.54) is 4.70 Å². The average molecular weight is 301 g/mol. The van der Waals surface area contributed by atoms with E-state index in [0.717, 1.165) is 9.86 Å². The maximum Gasteiger partial charge on any atom is 0.511 e. The third-order valence-corrected chi connectivity index (χ3v) is 8.21. The first-order valence-electron chi connectivity index (χ1n) is 5.37. The minimum Gasteiger partial charge on any atom is -0.376 e. The molecule has 7 heteroatoms. The molecule has 18 heavy (non-hydrogen) atoms. The van der Waals surface area contributed by atoms with Crippen molar-refractivity contribution < 1.29 is 13.3 Å². The molecular formula is C11H15NO3S2Si. The number of hydrogen-bond acceptors (Lipinski definition) is 6. The molecule has 0 saturated carbocycles. The minimum absolute atomic E-state index is 0.663. The van der Waals surface area contributed by atoms with Crippen molar-refractivity contribution in [2.75, 3.05) is 26.7 Å². The van der Waals surface area contributed by atoms with Crippen LogP contribution in [0.4, 0.5) is 0 Å². The van der Waals surface area contributed by atoms with Gasteiger partial charge in [-0.15, -0.1) is 11.3 Å². The lowest BCUT2D eigenvalue weighted by Crippen LogP contribution is -2.46. The third kappa shape index (κ3) is 2.93. The Kier molecular flexibility index (Phi) is 4.76. The Morgan fingerprint density at radius 2 is 1.83 bits per heavy atom. The number of fused-ring (bicyclic) bond motifs is 1. The summed E-state index contributed by atoms with van der Waals surface area (Å²) >= 11 is 3.30. The predicted molar refractivity (Wildman–Crippen MR) is 77.1 cm³/mol. The highest BCUT2D eigenvalue weighted by Crippen LogP contribution is 2.31. The van der Waals surface area contributed by atoms with E-state index in [0.29, 0.717) is 5.38 Å². The molecule has 0 aliphatic heterocycles. The first-order valence-corrected chi connectivity index (χ1v) is 9.10. The molecule has 0 spiro atoms. The van der Waals surface area contributed by atoms with Crippen LogP contribution in [-0.4, -0.2) is 40.5 Å². The molecule has 0 N–H and O–H groups in total. The number of thiazole rings is 1. The quantitative estimate of drug-likeness (QED) is 0.606. The first-order chi connectivity index (χ1) is 8.73. The molecule has 1 heterocycles. The van der Waals surface area contributed by atoms with Gasteiger partial charge in [-0.3, -0.25) is 0 Å². The number of thioether (sulfide) groups is 1.